The molecule has 1 atom stereocenters. The summed E-state index contributed by atoms with van der Waals surface area (Å²) >= 11 is 0. The molecule has 0 aromatic rings. The second-order valence-corrected chi connectivity index (χ2v) is 5.47. The molecule has 2 rings (SSSR count). The third-order valence-corrected chi connectivity index (χ3v) is 4.82. The molecule has 14 heavy (non-hydrogen) atoms. The van der Waals surface area contributed by atoms with Gasteiger partial charge in [-0.2, -0.15) is 0 Å². The van der Waals surface area contributed by atoms with E-state index in [1.54, 1.807) is 11.1 Å². The number of hydrogen-bond acceptors (Lipinski definition) is 1. The number of allylic oxidation sites excluding steroid dienone is 2. The highest BCUT2D eigenvalue weighted by molar-refractivity contribution is 5.28. The number of nitrogens with zero attached hydrogens (tertiary/aromatic N) is 1. The highest BCUT2D eigenvalue weighted by Gasteiger charge is 2.44. The van der Waals surface area contributed by atoms with Gasteiger partial charge in [0.05, 0.1) is 0 Å². The number of rotatable bonds is 0. The SMILES string of the molecule is CC1=C(C)C2(CCN(C)CC2)C(C)C1. The number of likely N-dealkylation sites (tertiary alicyclic amines) is 1. The summed E-state index contributed by atoms with van der Waals surface area (Å²) in [6.45, 7) is 9.73. The fourth-order valence-electron chi connectivity index (χ4n) is 3.49. The molecule has 0 amide bonds. The van der Waals surface area contributed by atoms with Crippen LogP contribution in [0.15, 0.2) is 11.1 Å². The Kier molecular flexibility index (Phi) is 2.46. The minimum Gasteiger partial charge on any atom is -0.306 e. The van der Waals surface area contributed by atoms with Crippen LogP contribution in [0.3, 0.4) is 0 Å². The van der Waals surface area contributed by atoms with E-state index in [2.05, 4.69) is 32.7 Å². The summed E-state index contributed by atoms with van der Waals surface area (Å²) in [5.41, 5.74) is 3.97. The Bertz CT molecular complexity index is 256. The van der Waals surface area contributed by atoms with Gasteiger partial charge < -0.3 is 4.90 Å². The third kappa shape index (κ3) is 1.33. The molecule has 1 heterocycles. The van der Waals surface area contributed by atoms with Gasteiger partial charge in [-0.3, -0.25) is 0 Å². The lowest BCUT2D eigenvalue weighted by molar-refractivity contribution is 0.114. The van der Waals surface area contributed by atoms with Crippen LogP contribution >= 0.6 is 0 Å². The topological polar surface area (TPSA) is 3.24 Å². The molecule has 0 bridgehead atoms. The zero-order valence-corrected chi connectivity index (χ0v) is 10.1. The summed E-state index contributed by atoms with van der Waals surface area (Å²) in [6.07, 6.45) is 4.11. The van der Waals surface area contributed by atoms with Gasteiger partial charge in [-0.15, -0.1) is 0 Å². The van der Waals surface area contributed by atoms with E-state index in [0.29, 0.717) is 5.41 Å². The van der Waals surface area contributed by atoms with E-state index < -0.39 is 0 Å². The zero-order valence-electron chi connectivity index (χ0n) is 10.1. The smallest absolute Gasteiger partial charge is 0.00133 e. The van der Waals surface area contributed by atoms with E-state index in [0.717, 1.165) is 5.92 Å². The van der Waals surface area contributed by atoms with Gasteiger partial charge in [0, 0.05) is 0 Å². The van der Waals surface area contributed by atoms with Crippen LogP contribution in [-0.4, -0.2) is 25.0 Å². The predicted octanol–water partition coefficient (Wildman–Crippen LogP) is 3.07. The maximum atomic E-state index is 2.47. The van der Waals surface area contributed by atoms with Gasteiger partial charge in [0.1, 0.15) is 0 Å². The van der Waals surface area contributed by atoms with Crippen molar-refractivity contribution in [1.29, 1.82) is 0 Å². The standard InChI is InChI=1S/C13H23N/c1-10-9-11(2)13(12(10)3)5-7-14(4)8-6-13/h11H,5-9H2,1-4H3. The lowest BCUT2D eigenvalue weighted by Gasteiger charge is -2.42. The van der Waals surface area contributed by atoms with Gasteiger partial charge in [-0.05, 0) is 64.6 Å². The summed E-state index contributed by atoms with van der Waals surface area (Å²) in [7, 11) is 2.25. The second-order valence-electron chi connectivity index (χ2n) is 5.47. The average Bonchev–Trinajstić information content (AvgIpc) is 2.36. The van der Waals surface area contributed by atoms with Gasteiger partial charge in [0.2, 0.25) is 0 Å². The van der Waals surface area contributed by atoms with E-state index in [1.807, 2.05) is 0 Å². The minimum atomic E-state index is 0.580. The Morgan fingerprint density at radius 2 is 1.79 bits per heavy atom. The average molecular weight is 193 g/mol. The van der Waals surface area contributed by atoms with E-state index in [1.165, 1.54) is 32.4 Å². The van der Waals surface area contributed by atoms with Crippen molar-refractivity contribution in [1.82, 2.24) is 4.90 Å². The van der Waals surface area contributed by atoms with Gasteiger partial charge in [-0.1, -0.05) is 18.1 Å². The minimum absolute atomic E-state index is 0.580. The zero-order chi connectivity index (χ0) is 10.3. The van der Waals surface area contributed by atoms with Crippen molar-refractivity contribution >= 4 is 0 Å². The molecule has 1 saturated heterocycles. The maximum absolute atomic E-state index is 2.47. The van der Waals surface area contributed by atoms with Crippen LogP contribution in [0, 0.1) is 11.3 Å². The van der Waals surface area contributed by atoms with Crippen LogP contribution in [0.25, 0.3) is 0 Å². The monoisotopic (exact) mass is 193 g/mol. The molecule has 0 radical (unpaired) electrons. The lowest BCUT2D eigenvalue weighted by Crippen LogP contribution is -2.40. The Morgan fingerprint density at radius 3 is 2.21 bits per heavy atom. The van der Waals surface area contributed by atoms with Crippen LogP contribution in [0.1, 0.15) is 40.0 Å². The molecule has 0 N–H and O–H groups in total. The van der Waals surface area contributed by atoms with E-state index in [9.17, 15) is 0 Å². The summed E-state index contributed by atoms with van der Waals surface area (Å²) in [6, 6.07) is 0. The summed E-state index contributed by atoms with van der Waals surface area (Å²) in [5, 5.41) is 0. The maximum Gasteiger partial charge on any atom is -0.00133 e. The van der Waals surface area contributed by atoms with Crippen molar-refractivity contribution in [2.24, 2.45) is 11.3 Å². The molecule has 1 nitrogen and oxygen atoms in total. The summed E-state index contributed by atoms with van der Waals surface area (Å²) in [4.78, 5) is 2.47. The number of piperidine rings is 1. The van der Waals surface area contributed by atoms with Crippen LogP contribution < -0.4 is 0 Å². The van der Waals surface area contributed by atoms with Gasteiger partial charge in [-0.25, -0.2) is 0 Å². The molecular formula is C13H23N. The Labute approximate surface area is 88.2 Å². The second kappa shape index (κ2) is 3.37. The number of hydrogen-bond donors (Lipinski definition) is 0. The first kappa shape index (κ1) is 10.2. The van der Waals surface area contributed by atoms with Crippen molar-refractivity contribution in [2.45, 2.75) is 40.0 Å². The van der Waals surface area contributed by atoms with Gasteiger partial charge >= 0.3 is 0 Å². The molecule has 0 saturated carbocycles. The van der Waals surface area contributed by atoms with Crippen LogP contribution in [0.2, 0.25) is 0 Å². The van der Waals surface area contributed by atoms with Crippen molar-refractivity contribution in [3.8, 4) is 0 Å². The molecule has 1 fully saturated rings. The van der Waals surface area contributed by atoms with E-state index in [-0.39, 0.29) is 0 Å². The normalized spacial score (nSPS) is 33.0. The first-order valence-corrected chi connectivity index (χ1v) is 5.91. The first-order chi connectivity index (χ1) is 6.56. The molecule has 2 aliphatic rings. The summed E-state index contributed by atoms with van der Waals surface area (Å²) < 4.78 is 0. The Hall–Kier alpha value is -0.300. The molecular weight excluding hydrogens is 170 g/mol. The molecule has 1 aliphatic heterocycles. The Balaban J connectivity index is 2.23. The van der Waals surface area contributed by atoms with Crippen LogP contribution in [-0.2, 0) is 0 Å². The van der Waals surface area contributed by atoms with Crippen molar-refractivity contribution in [2.75, 3.05) is 20.1 Å². The van der Waals surface area contributed by atoms with E-state index in [4.69, 9.17) is 0 Å². The van der Waals surface area contributed by atoms with Crippen LogP contribution in [0.5, 0.6) is 0 Å². The predicted molar refractivity (Wildman–Crippen MR) is 61.3 cm³/mol. The Morgan fingerprint density at radius 1 is 1.21 bits per heavy atom. The highest BCUT2D eigenvalue weighted by Crippen LogP contribution is 2.53. The fourth-order valence-corrected chi connectivity index (χ4v) is 3.49. The molecule has 0 aromatic carbocycles. The molecule has 1 aliphatic carbocycles. The van der Waals surface area contributed by atoms with Gasteiger partial charge in [0.15, 0.2) is 0 Å². The quantitative estimate of drug-likeness (QED) is 0.534. The fraction of sp³-hybridized carbons (Fsp3) is 0.846. The molecule has 1 spiro atoms. The van der Waals surface area contributed by atoms with Gasteiger partial charge in [0.25, 0.3) is 0 Å². The van der Waals surface area contributed by atoms with Crippen molar-refractivity contribution in [3.05, 3.63) is 11.1 Å². The third-order valence-electron chi connectivity index (χ3n) is 4.82. The molecule has 80 valence electrons. The first-order valence-electron chi connectivity index (χ1n) is 5.91. The largest absolute Gasteiger partial charge is 0.306 e. The summed E-state index contributed by atoms with van der Waals surface area (Å²) in [5.74, 6) is 0.885. The molecule has 1 unspecified atom stereocenters. The van der Waals surface area contributed by atoms with Crippen LogP contribution in [0.4, 0.5) is 0 Å². The lowest BCUT2D eigenvalue weighted by atomic mass is 9.68. The van der Waals surface area contributed by atoms with Crippen molar-refractivity contribution in [3.63, 3.8) is 0 Å². The van der Waals surface area contributed by atoms with Crippen molar-refractivity contribution < 1.29 is 0 Å². The van der Waals surface area contributed by atoms with E-state index >= 15 is 0 Å². The molecule has 1 heteroatoms. The molecule has 0 aromatic heterocycles. The highest BCUT2D eigenvalue weighted by atomic mass is 15.1.